The van der Waals surface area contributed by atoms with Gasteiger partial charge in [-0.2, -0.15) is 0 Å². The standard InChI is InChI=1S/C15H21N3S/c1-2-18(12-7-8-12)10-9-16-11-15-17-13-5-3-4-6-14(13)19-15/h3-6,12,16H,2,7-11H2,1H3. The number of aromatic nitrogens is 1. The van der Waals surface area contributed by atoms with Crippen LogP contribution in [-0.4, -0.2) is 35.6 Å². The van der Waals surface area contributed by atoms with Crippen LogP contribution in [0.4, 0.5) is 0 Å². The van der Waals surface area contributed by atoms with E-state index in [2.05, 4.69) is 40.3 Å². The Balaban J connectivity index is 1.46. The van der Waals surface area contributed by atoms with Gasteiger partial charge >= 0.3 is 0 Å². The summed E-state index contributed by atoms with van der Waals surface area (Å²) in [4.78, 5) is 7.21. The van der Waals surface area contributed by atoms with Crippen molar-refractivity contribution in [2.45, 2.75) is 32.4 Å². The van der Waals surface area contributed by atoms with Crippen LogP contribution in [0, 0.1) is 0 Å². The van der Waals surface area contributed by atoms with Crippen LogP contribution in [0.2, 0.25) is 0 Å². The molecule has 3 rings (SSSR count). The Hall–Kier alpha value is -0.970. The number of hydrogen-bond donors (Lipinski definition) is 1. The molecule has 1 aliphatic carbocycles. The molecule has 1 aromatic heterocycles. The van der Waals surface area contributed by atoms with Crippen molar-refractivity contribution >= 4 is 21.6 Å². The molecule has 2 aromatic rings. The molecular formula is C15H21N3S. The Kier molecular flexibility index (Phi) is 4.11. The Bertz CT molecular complexity index is 500. The lowest BCUT2D eigenvalue weighted by molar-refractivity contribution is 0.277. The molecule has 102 valence electrons. The molecular weight excluding hydrogens is 254 g/mol. The number of benzene rings is 1. The van der Waals surface area contributed by atoms with Gasteiger partial charge in [0.1, 0.15) is 5.01 Å². The van der Waals surface area contributed by atoms with Crippen molar-refractivity contribution in [2.75, 3.05) is 19.6 Å². The number of thiazole rings is 1. The number of fused-ring (bicyclic) bond motifs is 1. The summed E-state index contributed by atoms with van der Waals surface area (Å²) in [6, 6.07) is 9.22. The smallest absolute Gasteiger partial charge is 0.108 e. The van der Waals surface area contributed by atoms with Gasteiger partial charge in [-0.15, -0.1) is 11.3 Å². The maximum absolute atomic E-state index is 4.64. The minimum atomic E-state index is 0.870. The lowest BCUT2D eigenvalue weighted by Crippen LogP contribution is -2.33. The zero-order chi connectivity index (χ0) is 13.1. The summed E-state index contributed by atoms with van der Waals surface area (Å²) in [5, 5.41) is 4.71. The van der Waals surface area contributed by atoms with Crippen LogP contribution in [0.5, 0.6) is 0 Å². The second-order valence-electron chi connectivity index (χ2n) is 5.11. The van der Waals surface area contributed by atoms with Gasteiger partial charge in [-0.25, -0.2) is 4.98 Å². The molecule has 0 unspecified atom stereocenters. The SMILES string of the molecule is CCN(CCNCc1nc2ccccc2s1)C1CC1. The summed E-state index contributed by atoms with van der Waals surface area (Å²) >= 11 is 1.79. The van der Waals surface area contributed by atoms with Crippen LogP contribution in [0.3, 0.4) is 0 Å². The van der Waals surface area contributed by atoms with Gasteiger partial charge in [-0.1, -0.05) is 19.1 Å². The zero-order valence-electron chi connectivity index (χ0n) is 11.4. The highest BCUT2D eigenvalue weighted by Gasteiger charge is 2.26. The minimum absolute atomic E-state index is 0.870. The predicted octanol–water partition coefficient (Wildman–Crippen LogP) is 2.87. The molecule has 0 atom stereocenters. The maximum atomic E-state index is 4.64. The lowest BCUT2D eigenvalue weighted by atomic mass is 10.3. The second-order valence-corrected chi connectivity index (χ2v) is 6.23. The molecule has 4 heteroatoms. The van der Waals surface area contributed by atoms with Crippen molar-refractivity contribution in [3.63, 3.8) is 0 Å². The molecule has 0 saturated heterocycles. The minimum Gasteiger partial charge on any atom is -0.309 e. The highest BCUT2D eigenvalue weighted by Crippen LogP contribution is 2.26. The summed E-state index contributed by atoms with van der Waals surface area (Å²) in [6.07, 6.45) is 2.79. The zero-order valence-corrected chi connectivity index (χ0v) is 12.2. The van der Waals surface area contributed by atoms with Gasteiger partial charge in [-0.05, 0) is 31.5 Å². The first-order valence-corrected chi connectivity index (χ1v) is 7.97. The highest BCUT2D eigenvalue weighted by molar-refractivity contribution is 7.18. The average molecular weight is 275 g/mol. The van der Waals surface area contributed by atoms with Crippen molar-refractivity contribution < 1.29 is 0 Å². The maximum Gasteiger partial charge on any atom is 0.108 e. The molecule has 1 aliphatic rings. The summed E-state index contributed by atoms with van der Waals surface area (Å²) < 4.78 is 1.28. The van der Waals surface area contributed by atoms with E-state index in [0.29, 0.717) is 0 Å². The number of likely N-dealkylation sites (N-methyl/N-ethyl adjacent to an activating group) is 1. The fourth-order valence-electron chi connectivity index (χ4n) is 2.45. The molecule has 0 radical (unpaired) electrons. The summed E-state index contributed by atoms with van der Waals surface area (Å²) in [6.45, 7) is 6.53. The van der Waals surface area contributed by atoms with E-state index in [9.17, 15) is 0 Å². The number of rotatable bonds is 7. The largest absolute Gasteiger partial charge is 0.309 e. The Morgan fingerprint density at radius 3 is 2.95 bits per heavy atom. The van der Waals surface area contributed by atoms with Crippen molar-refractivity contribution in [1.82, 2.24) is 15.2 Å². The summed E-state index contributed by atoms with van der Waals surface area (Å²) in [7, 11) is 0. The third-order valence-electron chi connectivity index (χ3n) is 3.66. The molecule has 0 spiro atoms. The molecule has 19 heavy (non-hydrogen) atoms. The second kappa shape index (κ2) is 5.99. The number of nitrogens with zero attached hydrogens (tertiary/aromatic N) is 2. The first-order chi connectivity index (χ1) is 9.36. The Morgan fingerprint density at radius 1 is 1.37 bits per heavy atom. The highest BCUT2D eigenvalue weighted by atomic mass is 32.1. The quantitative estimate of drug-likeness (QED) is 0.788. The van der Waals surface area contributed by atoms with Gasteiger partial charge in [0.15, 0.2) is 0 Å². The molecule has 0 amide bonds. The first kappa shape index (κ1) is 13.0. The van der Waals surface area contributed by atoms with Crippen molar-refractivity contribution in [1.29, 1.82) is 0 Å². The van der Waals surface area contributed by atoms with Gasteiger partial charge in [0.05, 0.1) is 10.2 Å². The monoisotopic (exact) mass is 275 g/mol. The van der Waals surface area contributed by atoms with E-state index in [0.717, 1.165) is 31.2 Å². The third kappa shape index (κ3) is 3.32. The van der Waals surface area contributed by atoms with E-state index in [-0.39, 0.29) is 0 Å². The molecule has 1 aromatic carbocycles. The molecule has 1 heterocycles. The van der Waals surface area contributed by atoms with Crippen LogP contribution in [0.1, 0.15) is 24.8 Å². The van der Waals surface area contributed by atoms with Crippen LogP contribution in [-0.2, 0) is 6.54 Å². The molecule has 1 fully saturated rings. The van der Waals surface area contributed by atoms with E-state index in [1.54, 1.807) is 11.3 Å². The van der Waals surface area contributed by atoms with Gasteiger partial charge in [-0.3, -0.25) is 4.90 Å². The van der Waals surface area contributed by atoms with E-state index < -0.39 is 0 Å². The fraction of sp³-hybridized carbons (Fsp3) is 0.533. The van der Waals surface area contributed by atoms with Gasteiger partial charge in [0, 0.05) is 25.7 Å². The third-order valence-corrected chi connectivity index (χ3v) is 4.70. The number of para-hydroxylation sites is 1. The van der Waals surface area contributed by atoms with E-state index >= 15 is 0 Å². The van der Waals surface area contributed by atoms with Crippen LogP contribution < -0.4 is 5.32 Å². The Morgan fingerprint density at radius 2 is 2.21 bits per heavy atom. The fourth-order valence-corrected chi connectivity index (χ4v) is 3.39. The molecule has 0 aliphatic heterocycles. The molecule has 1 saturated carbocycles. The van der Waals surface area contributed by atoms with Gasteiger partial charge in [0.2, 0.25) is 0 Å². The van der Waals surface area contributed by atoms with E-state index in [4.69, 9.17) is 0 Å². The van der Waals surface area contributed by atoms with Crippen molar-refractivity contribution in [3.8, 4) is 0 Å². The summed E-state index contributed by atoms with van der Waals surface area (Å²) in [5.41, 5.74) is 1.12. The lowest BCUT2D eigenvalue weighted by Gasteiger charge is -2.19. The van der Waals surface area contributed by atoms with Crippen molar-refractivity contribution in [2.24, 2.45) is 0 Å². The Labute approximate surface area is 118 Å². The van der Waals surface area contributed by atoms with E-state index in [1.165, 1.54) is 29.1 Å². The predicted molar refractivity (Wildman–Crippen MR) is 81.6 cm³/mol. The van der Waals surface area contributed by atoms with Gasteiger partial charge in [0.25, 0.3) is 0 Å². The average Bonchev–Trinajstić information content (AvgIpc) is 3.18. The van der Waals surface area contributed by atoms with E-state index in [1.807, 2.05) is 6.07 Å². The normalized spacial score (nSPS) is 15.5. The van der Waals surface area contributed by atoms with Gasteiger partial charge < -0.3 is 5.32 Å². The van der Waals surface area contributed by atoms with Crippen LogP contribution in [0.25, 0.3) is 10.2 Å². The van der Waals surface area contributed by atoms with Crippen LogP contribution in [0.15, 0.2) is 24.3 Å². The molecule has 0 bridgehead atoms. The summed E-state index contributed by atoms with van der Waals surface area (Å²) in [5.74, 6) is 0. The van der Waals surface area contributed by atoms with Crippen molar-refractivity contribution in [3.05, 3.63) is 29.3 Å². The number of nitrogens with one attached hydrogen (secondary N) is 1. The number of hydrogen-bond acceptors (Lipinski definition) is 4. The molecule has 1 N–H and O–H groups in total. The van der Waals surface area contributed by atoms with Crippen LogP contribution >= 0.6 is 11.3 Å². The molecule has 3 nitrogen and oxygen atoms in total. The first-order valence-electron chi connectivity index (χ1n) is 7.16. The topological polar surface area (TPSA) is 28.2 Å².